The highest BCUT2D eigenvalue weighted by molar-refractivity contribution is 9.10. The minimum atomic E-state index is -1.60. The first-order valence-corrected chi connectivity index (χ1v) is 8.28. The van der Waals surface area contributed by atoms with E-state index in [9.17, 15) is 13.6 Å². The van der Waals surface area contributed by atoms with Crippen LogP contribution in [0.2, 0.25) is 0 Å². The topological polar surface area (TPSA) is 64.5 Å². The molecular weight excluding hydrogens is 400 g/mol. The number of fused-ring (bicyclic) bond motifs is 3. The van der Waals surface area contributed by atoms with Gasteiger partial charge < -0.3 is 18.9 Å². The maximum absolute atomic E-state index is 14.3. The van der Waals surface area contributed by atoms with Crippen molar-refractivity contribution in [3.8, 4) is 0 Å². The highest BCUT2D eigenvalue weighted by Crippen LogP contribution is 2.45. The lowest BCUT2D eigenvalue weighted by Gasteiger charge is -2.35. The summed E-state index contributed by atoms with van der Waals surface area (Å²) in [7, 11) is 0. The Morgan fingerprint density at radius 3 is 2.88 bits per heavy atom. The minimum absolute atomic E-state index is 0.115. The fourth-order valence-electron chi connectivity index (χ4n) is 3.25. The predicted octanol–water partition coefficient (Wildman–Crippen LogP) is 4.14. The standard InChI is InChI=1S/C17H12BrF2NO4/c1-8(22)25-17(9-2-4-23-7-9)16-10(3-5-24-17)13-14(18)11(19)6-12(20)15(13)21-16/h2,4,6-7,21H,3,5H2,1H3. The van der Waals surface area contributed by atoms with Crippen molar-refractivity contribution >= 4 is 32.8 Å². The Morgan fingerprint density at radius 1 is 1.40 bits per heavy atom. The van der Waals surface area contributed by atoms with E-state index in [1.165, 1.54) is 19.5 Å². The Hall–Kier alpha value is -2.19. The van der Waals surface area contributed by atoms with Gasteiger partial charge in [-0.15, -0.1) is 0 Å². The van der Waals surface area contributed by atoms with Crippen LogP contribution in [0.4, 0.5) is 8.78 Å². The molecule has 1 aromatic carbocycles. The summed E-state index contributed by atoms with van der Waals surface area (Å²) in [6.45, 7) is 1.45. The van der Waals surface area contributed by atoms with Gasteiger partial charge in [-0.25, -0.2) is 8.78 Å². The number of esters is 1. The predicted molar refractivity (Wildman–Crippen MR) is 86.8 cm³/mol. The summed E-state index contributed by atoms with van der Waals surface area (Å²) in [4.78, 5) is 14.7. The van der Waals surface area contributed by atoms with E-state index in [4.69, 9.17) is 13.9 Å². The molecule has 1 atom stereocenters. The van der Waals surface area contributed by atoms with Crippen LogP contribution in [0.3, 0.4) is 0 Å². The molecule has 25 heavy (non-hydrogen) atoms. The van der Waals surface area contributed by atoms with E-state index in [0.29, 0.717) is 28.6 Å². The second kappa shape index (κ2) is 5.67. The monoisotopic (exact) mass is 411 g/mol. The van der Waals surface area contributed by atoms with Crippen molar-refractivity contribution in [1.29, 1.82) is 0 Å². The van der Waals surface area contributed by atoms with Crippen LogP contribution in [0.15, 0.2) is 33.5 Å². The van der Waals surface area contributed by atoms with Crippen LogP contribution in [0.1, 0.15) is 23.7 Å². The Morgan fingerprint density at radius 2 is 2.20 bits per heavy atom. The number of H-pyrrole nitrogens is 1. The molecule has 0 spiro atoms. The molecule has 1 unspecified atom stereocenters. The lowest BCUT2D eigenvalue weighted by Crippen LogP contribution is -2.40. The summed E-state index contributed by atoms with van der Waals surface area (Å²) < 4.78 is 44.9. The fourth-order valence-corrected chi connectivity index (χ4v) is 3.80. The highest BCUT2D eigenvalue weighted by Gasteiger charge is 2.47. The zero-order valence-electron chi connectivity index (χ0n) is 13.0. The number of rotatable bonds is 2. The molecule has 0 amide bonds. The van der Waals surface area contributed by atoms with E-state index in [0.717, 1.165) is 6.07 Å². The van der Waals surface area contributed by atoms with Gasteiger partial charge in [0.05, 0.1) is 34.1 Å². The van der Waals surface area contributed by atoms with Gasteiger partial charge in [0, 0.05) is 18.4 Å². The van der Waals surface area contributed by atoms with Crippen LogP contribution in [0.5, 0.6) is 0 Å². The number of carbonyl (C=O) groups excluding carboxylic acids is 1. The van der Waals surface area contributed by atoms with Gasteiger partial charge in [-0.3, -0.25) is 4.79 Å². The molecule has 0 saturated carbocycles. The van der Waals surface area contributed by atoms with Gasteiger partial charge in [0.15, 0.2) is 0 Å². The van der Waals surface area contributed by atoms with Crippen LogP contribution in [0, 0.1) is 11.6 Å². The first-order chi connectivity index (χ1) is 11.9. The van der Waals surface area contributed by atoms with Gasteiger partial charge in [-0.2, -0.15) is 0 Å². The number of hydrogen-bond acceptors (Lipinski definition) is 4. The summed E-state index contributed by atoms with van der Waals surface area (Å²) >= 11 is 3.18. The second-order valence-corrected chi connectivity index (χ2v) is 6.50. The van der Waals surface area contributed by atoms with Crippen molar-refractivity contribution in [3.05, 3.63) is 57.6 Å². The number of aromatic nitrogens is 1. The molecule has 1 aliphatic heterocycles. The largest absolute Gasteiger partial charge is 0.472 e. The van der Waals surface area contributed by atoms with Gasteiger partial charge in [-0.1, -0.05) is 0 Å². The van der Waals surface area contributed by atoms with Crippen molar-refractivity contribution < 1.29 is 27.5 Å². The van der Waals surface area contributed by atoms with Crippen molar-refractivity contribution in [3.63, 3.8) is 0 Å². The maximum Gasteiger partial charge on any atom is 0.305 e. The molecule has 3 aromatic rings. The van der Waals surface area contributed by atoms with Gasteiger partial charge in [0.1, 0.15) is 17.9 Å². The van der Waals surface area contributed by atoms with Gasteiger partial charge in [0.2, 0.25) is 0 Å². The van der Waals surface area contributed by atoms with Crippen molar-refractivity contribution in [2.75, 3.05) is 6.61 Å². The Kier molecular flexibility index (Phi) is 3.69. The van der Waals surface area contributed by atoms with E-state index >= 15 is 0 Å². The van der Waals surface area contributed by atoms with Gasteiger partial charge in [-0.05, 0) is 34.0 Å². The summed E-state index contributed by atoms with van der Waals surface area (Å²) in [5, 5.41) is 0.371. The average Bonchev–Trinajstić information content (AvgIpc) is 3.21. The molecule has 8 heteroatoms. The number of ether oxygens (including phenoxy) is 2. The molecule has 0 saturated heterocycles. The number of hydrogen-bond donors (Lipinski definition) is 1. The highest BCUT2D eigenvalue weighted by atomic mass is 79.9. The van der Waals surface area contributed by atoms with Crippen molar-refractivity contribution in [2.24, 2.45) is 0 Å². The van der Waals surface area contributed by atoms with Crippen LogP contribution >= 0.6 is 15.9 Å². The summed E-state index contributed by atoms with van der Waals surface area (Å²) in [5.41, 5.74) is 1.51. The number of halogens is 3. The number of benzene rings is 1. The zero-order chi connectivity index (χ0) is 17.8. The molecule has 1 aliphatic rings. The summed E-state index contributed by atoms with van der Waals surface area (Å²) in [6, 6.07) is 2.39. The van der Waals surface area contributed by atoms with Crippen LogP contribution in [0.25, 0.3) is 10.9 Å². The maximum atomic E-state index is 14.3. The SMILES string of the molecule is CC(=O)OC1(c2ccoc2)OCCc2c1[nH]c1c(F)cc(F)c(Br)c21. The minimum Gasteiger partial charge on any atom is -0.472 e. The Labute approximate surface area is 149 Å². The summed E-state index contributed by atoms with van der Waals surface area (Å²) in [6.07, 6.45) is 3.20. The molecule has 3 heterocycles. The fraction of sp³-hybridized carbons (Fsp3) is 0.235. The molecule has 1 N–H and O–H groups in total. The lowest BCUT2D eigenvalue weighted by atomic mass is 9.96. The third-order valence-corrected chi connectivity index (χ3v) is 4.98. The third kappa shape index (κ3) is 2.31. The van der Waals surface area contributed by atoms with E-state index in [1.54, 1.807) is 6.07 Å². The van der Waals surface area contributed by atoms with Crippen molar-refractivity contribution in [2.45, 2.75) is 19.1 Å². The van der Waals surface area contributed by atoms with Crippen LogP contribution in [-0.4, -0.2) is 17.6 Å². The van der Waals surface area contributed by atoms with E-state index in [2.05, 4.69) is 20.9 Å². The summed E-state index contributed by atoms with van der Waals surface area (Å²) in [5.74, 6) is -3.64. The zero-order valence-corrected chi connectivity index (χ0v) is 14.6. The molecule has 0 aliphatic carbocycles. The van der Waals surface area contributed by atoms with Crippen LogP contribution < -0.4 is 0 Å². The van der Waals surface area contributed by atoms with E-state index < -0.39 is 23.4 Å². The second-order valence-electron chi connectivity index (χ2n) is 5.70. The third-order valence-electron chi connectivity index (χ3n) is 4.20. The quantitative estimate of drug-likeness (QED) is 0.508. The van der Waals surface area contributed by atoms with Crippen LogP contribution in [-0.2, 0) is 26.5 Å². The normalized spacial score (nSPS) is 19.8. The number of nitrogens with one attached hydrogen (secondary N) is 1. The molecule has 0 bridgehead atoms. The molecule has 5 nitrogen and oxygen atoms in total. The lowest BCUT2D eigenvalue weighted by molar-refractivity contribution is -0.222. The van der Waals surface area contributed by atoms with E-state index in [1.807, 2.05) is 0 Å². The number of aromatic amines is 1. The van der Waals surface area contributed by atoms with E-state index in [-0.39, 0.29) is 16.6 Å². The molecule has 130 valence electrons. The van der Waals surface area contributed by atoms with Gasteiger partial charge in [0.25, 0.3) is 5.79 Å². The Balaban J connectivity index is 2.07. The number of carbonyl (C=O) groups is 1. The molecule has 0 fully saturated rings. The van der Waals surface area contributed by atoms with Gasteiger partial charge >= 0.3 is 5.97 Å². The van der Waals surface area contributed by atoms with Crippen molar-refractivity contribution in [1.82, 2.24) is 4.98 Å². The first kappa shape index (κ1) is 16.3. The average molecular weight is 412 g/mol. The Bertz CT molecular complexity index is 983. The molecule has 4 rings (SSSR count). The number of furan rings is 1. The first-order valence-electron chi connectivity index (χ1n) is 7.49. The molecular formula is C17H12BrF2NO4. The smallest absolute Gasteiger partial charge is 0.305 e. The molecule has 0 radical (unpaired) electrons. The molecule has 2 aromatic heterocycles.